The lowest BCUT2D eigenvalue weighted by molar-refractivity contribution is -0.119. The number of benzene rings is 1. The van der Waals surface area contributed by atoms with E-state index in [2.05, 4.69) is 49.3 Å². The molecule has 2 aromatic heterocycles. The number of likely N-dealkylation sites (tertiary alicyclic amines) is 1. The van der Waals surface area contributed by atoms with Crippen LogP contribution < -0.4 is 20.7 Å². The molecule has 1 aromatic carbocycles. The number of carbonyl (C=O) groups excluding carboxylic acids is 2. The molecule has 6 rings (SSSR count). The summed E-state index contributed by atoms with van der Waals surface area (Å²) in [6.07, 6.45) is 7.76. The predicted octanol–water partition coefficient (Wildman–Crippen LogP) is 0.988. The Hall–Kier alpha value is -3.70. The first kappa shape index (κ1) is 23.7. The third kappa shape index (κ3) is 4.60. The zero-order chi connectivity index (χ0) is 25.6. The van der Waals surface area contributed by atoms with E-state index in [1.807, 2.05) is 0 Å². The molecule has 0 atom stereocenters. The van der Waals surface area contributed by atoms with Gasteiger partial charge in [0.05, 0.1) is 24.1 Å². The highest BCUT2D eigenvalue weighted by Gasteiger charge is 2.42. The number of primary amides is 1. The predicted molar refractivity (Wildman–Crippen MR) is 139 cm³/mol. The SMILES string of the molecule is CN1CCC2(CC1)Cc1cc(NC(=O)c3cnn4cccnc34)c(N3CCN(CC(N)=O)CC3)cc1O2. The summed E-state index contributed by atoms with van der Waals surface area (Å²) in [5, 5.41) is 7.41. The summed E-state index contributed by atoms with van der Waals surface area (Å²) in [4.78, 5) is 35.8. The molecule has 37 heavy (non-hydrogen) atoms. The molecule has 2 fully saturated rings. The molecule has 3 aliphatic rings. The highest BCUT2D eigenvalue weighted by Crippen LogP contribution is 2.45. The minimum atomic E-state index is -0.322. The molecule has 0 radical (unpaired) electrons. The number of aromatic nitrogens is 3. The Morgan fingerprint density at radius 2 is 1.92 bits per heavy atom. The van der Waals surface area contributed by atoms with Gasteiger partial charge in [0, 0.05) is 82.6 Å². The Labute approximate surface area is 215 Å². The number of hydrogen-bond donors (Lipinski definition) is 2. The topological polar surface area (TPSA) is 121 Å². The molecule has 2 saturated heterocycles. The maximum absolute atomic E-state index is 13.4. The molecule has 194 valence electrons. The van der Waals surface area contributed by atoms with Crippen molar-refractivity contribution >= 4 is 28.8 Å². The van der Waals surface area contributed by atoms with E-state index < -0.39 is 0 Å². The molecule has 0 aliphatic carbocycles. The zero-order valence-corrected chi connectivity index (χ0v) is 21.0. The van der Waals surface area contributed by atoms with Crippen molar-refractivity contribution in [3.05, 3.63) is 47.9 Å². The fourth-order valence-corrected chi connectivity index (χ4v) is 5.67. The van der Waals surface area contributed by atoms with Gasteiger partial charge in [0.25, 0.3) is 5.91 Å². The number of piperidine rings is 1. The van der Waals surface area contributed by atoms with Gasteiger partial charge in [-0.1, -0.05) is 0 Å². The Kier molecular flexibility index (Phi) is 5.96. The normalized spacial score (nSPS) is 19.6. The van der Waals surface area contributed by atoms with Crippen LogP contribution in [0.25, 0.3) is 5.65 Å². The molecule has 5 heterocycles. The molecule has 0 saturated carbocycles. The van der Waals surface area contributed by atoms with Crippen molar-refractivity contribution in [1.82, 2.24) is 24.4 Å². The third-order valence-corrected chi connectivity index (χ3v) is 7.78. The van der Waals surface area contributed by atoms with E-state index in [1.165, 1.54) is 0 Å². The van der Waals surface area contributed by atoms with Crippen LogP contribution in [0.15, 0.2) is 36.8 Å². The second kappa shape index (κ2) is 9.31. The van der Waals surface area contributed by atoms with Crippen molar-refractivity contribution in [1.29, 1.82) is 0 Å². The Bertz CT molecular complexity index is 1340. The van der Waals surface area contributed by atoms with Gasteiger partial charge in [0.2, 0.25) is 5.91 Å². The van der Waals surface area contributed by atoms with Gasteiger partial charge in [-0.2, -0.15) is 5.10 Å². The number of ether oxygens (including phenoxy) is 1. The van der Waals surface area contributed by atoms with Gasteiger partial charge in [-0.05, 0) is 19.2 Å². The number of carbonyl (C=O) groups is 2. The van der Waals surface area contributed by atoms with Crippen LogP contribution in [-0.4, -0.2) is 94.7 Å². The number of nitrogens with two attached hydrogens (primary N) is 1. The Morgan fingerprint density at radius 1 is 1.14 bits per heavy atom. The second-order valence-corrected chi connectivity index (χ2v) is 10.4. The number of piperazine rings is 1. The first-order valence-electron chi connectivity index (χ1n) is 12.8. The number of rotatable bonds is 5. The largest absolute Gasteiger partial charge is 0.486 e. The fraction of sp³-hybridized carbons (Fsp3) is 0.462. The van der Waals surface area contributed by atoms with Gasteiger partial charge in [-0.25, -0.2) is 9.50 Å². The van der Waals surface area contributed by atoms with Crippen molar-refractivity contribution in [2.24, 2.45) is 5.73 Å². The van der Waals surface area contributed by atoms with E-state index in [-0.39, 0.29) is 24.0 Å². The summed E-state index contributed by atoms with van der Waals surface area (Å²) < 4.78 is 8.21. The standard InChI is InChI=1S/C26H32N8O3/c1-31-7-3-26(4-8-31)15-18-13-20(30-25(36)19-16-29-34-6-2-5-28-24(19)34)21(14-22(18)37-26)33-11-9-32(10-12-33)17-23(27)35/h2,5-6,13-14,16H,3-4,7-12,15,17H2,1H3,(H2,27,35)(H,30,36). The fourth-order valence-electron chi connectivity index (χ4n) is 5.67. The van der Waals surface area contributed by atoms with E-state index in [0.29, 0.717) is 37.4 Å². The van der Waals surface area contributed by atoms with Crippen molar-refractivity contribution in [2.45, 2.75) is 24.9 Å². The van der Waals surface area contributed by atoms with Crippen molar-refractivity contribution in [3.63, 3.8) is 0 Å². The summed E-state index contributed by atoms with van der Waals surface area (Å²) in [5.41, 5.74) is 8.93. The number of nitrogens with one attached hydrogen (secondary N) is 1. The highest BCUT2D eigenvalue weighted by molar-refractivity contribution is 6.09. The highest BCUT2D eigenvalue weighted by atomic mass is 16.5. The smallest absolute Gasteiger partial charge is 0.261 e. The summed E-state index contributed by atoms with van der Waals surface area (Å²) in [7, 11) is 2.15. The van der Waals surface area contributed by atoms with Gasteiger partial charge >= 0.3 is 0 Å². The summed E-state index contributed by atoms with van der Waals surface area (Å²) >= 11 is 0. The quantitative estimate of drug-likeness (QED) is 0.528. The van der Waals surface area contributed by atoms with Crippen molar-refractivity contribution in [3.8, 4) is 5.75 Å². The molecule has 3 N–H and O–H groups in total. The minimum absolute atomic E-state index is 0.179. The van der Waals surface area contributed by atoms with Crippen LogP contribution in [0.5, 0.6) is 5.75 Å². The monoisotopic (exact) mass is 504 g/mol. The maximum Gasteiger partial charge on any atom is 0.261 e. The number of nitrogens with zero attached hydrogens (tertiary/aromatic N) is 6. The third-order valence-electron chi connectivity index (χ3n) is 7.78. The zero-order valence-electron chi connectivity index (χ0n) is 21.0. The molecule has 0 unspecified atom stereocenters. The van der Waals surface area contributed by atoms with Crippen LogP contribution in [-0.2, 0) is 11.2 Å². The summed E-state index contributed by atoms with van der Waals surface area (Å²) in [5.74, 6) is 0.322. The van der Waals surface area contributed by atoms with E-state index in [9.17, 15) is 9.59 Å². The lowest BCUT2D eigenvalue weighted by Gasteiger charge is -2.37. The average molecular weight is 505 g/mol. The Morgan fingerprint density at radius 3 is 2.68 bits per heavy atom. The average Bonchev–Trinajstić information content (AvgIpc) is 3.47. The molecule has 11 nitrogen and oxygen atoms in total. The first-order chi connectivity index (χ1) is 17.9. The molecule has 3 aliphatic heterocycles. The second-order valence-electron chi connectivity index (χ2n) is 10.4. The van der Waals surface area contributed by atoms with E-state index in [4.69, 9.17) is 10.5 Å². The summed E-state index contributed by atoms with van der Waals surface area (Å²) in [6.45, 7) is 5.11. The maximum atomic E-state index is 13.4. The van der Waals surface area contributed by atoms with Gasteiger partial charge in [0.15, 0.2) is 5.65 Å². The molecule has 1 spiro atoms. The molecular formula is C26H32N8O3. The number of hydrogen-bond acceptors (Lipinski definition) is 8. The number of anilines is 2. The van der Waals surface area contributed by atoms with Crippen molar-refractivity contribution < 1.29 is 14.3 Å². The van der Waals surface area contributed by atoms with Crippen LogP contribution >= 0.6 is 0 Å². The van der Waals surface area contributed by atoms with Crippen molar-refractivity contribution in [2.75, 3.05) is 63.1 Å². The number of fused-ring (bicyclic) bond motifs is 2. The molecule has 3 aromatic rings. The van der Waals surface area contributed by atoms with Crippen LogP contribution in [0.4, 0.5) is 11.4 Å². The first-order valence-corrected chi connectivity index (χ1v) is 12.8. The molecular weight excluding hydrogens is 472 g/mol. The van der Waals surface area contributed by atoms with Crippen LogP contribution in [0, 0.1) is 0 Å². The lowest BCUT2D eigenvalue weighted by atomic mass is 9.87. The lowest BCUT2D eigenvalue weighted by Crippen LogP contribution is -2.49. The minimum Gasteiger partial charge on any atom is -0.486 e. The van der Waals surface area contributed by atoms with Crippen LogP contribution in [0.2, 0.25) is 0 Å². The van der Waals surface area contributed by atoms with E-state index in [0.717, 1.165) is 55.0 Å². The molecule has 0 bridgehead atoms. The van der Waals surface area contributed by atoms with Gasteiger partial charge in [0.1, 0.15) is 16.9 Å². The van der Waals surface area contributed by atoms with Gasteiger partial charge in [-0.15, -0.1) is 0 Å². The number of amides is 2. The van der Waals surface area contributed by atoms with E-state index in [1.54, 1.807) is 29.2 Å². The van der Waals surface area contributed by atoms with Crippen LogP contribution in [0.1, 0.15) is 28.8 Å². The Balaban J connectivity index is 1.30. The van der Waals surface area contributed by atoms with Gasteiger partial charge in [-0.3, -0.25) is 14.5 Å². The molecule has 2 amide bonds. The van der Waals surface area contributed by atoms with Gasteiger partial charge < -0.3 is 25.6 Å². The summed E-state index contributed by atoms with van der Waals surface area (Å²) in [6, 6.07) is 5.93. The van der Waals surface area contributed by atoms with Crippen LogP contribution in [0.3, 0.4) is 0 Å². The van der Waals surface area contributed by atoms with E-state index >= 15 is 0 Å². The molecule has 11 heteroatoms.